The molecule has 0 aromatic carbocycles. The summed E-state index contributed by atoms with van der Waals surface area (Å²) in [7, 11) is -3.66. The summed E-state index contributed by atoms with van der Waals surface area (Å²) in [5.41, 5.74) is 0. The Bertz CT molecular complexity index is 185. The van der Waals surface area contributed by atoms with Crippen LogP contribution in [0.5, 0.6) is 0 Å². The molecule has 0 unspecified atom stereocenters. The van der Waals surface area contributed by atoms with Gasteiger partial charge >= 0.3 is 29.6 Å². The molecule has 0 bridgehead atoms. The monoisotopic (exact) mass is 246 g/mol. The molecule has 0 atom stereocenters. The second kappa shape index (κ2) is 14.9. The molecule has 0 radical (unpaired) electrons. The van der Waals surface area contributed by atoms with E-state index in [1.54, 1.807) is 0 Å². The van der Waals surface area contributed by atoms with Crippen LogP contribution in [0.2, 0.25) is 0 Å². The van der Waals surface area contributed by atoms with Crippen molar-refractivity contribution >= 4 is 10.1 Å². The quantitative estimate of drug-likeness (QED) is 0.312. The second-order valence-electron chi connectivity index (χ2n) is 3.14. The van der Waals surface area contributed by atoms with E-state index in [1.807, 2.05) is 0 Å². The Morgan fingerprint density at radius 2 is 1.47 bits per heavy atom. The van der Waals surface area contributed by atoms with Crippen molar-refractivity contribution in [2.45, 2.75) is 52.4 Å². The van der Waals surface area contributed by atoms with E-state index in [2.05, 4.69) is 13.8 Å². The molecule has 0 rings (SSSR count). The van der Waals surface area contributed by atoms with Gasteiger partial charge in [0, 0.05) is 0 Å². The minimum Gasteiger partial charge on any atom is -0.343 e. The summed E-state index contributed by atoms with van der Waals surface area (Å²) < 4.78 is 26.9. The minimum atomic E-state index is -3.66. The molecule has 0 aliphatic heterocycles. The Balaban J connectivity index is -0.000000187. The van der Waals surface area contributed by atoms with Gasteiger partial charge in [-0.1, -0.05) is 39.0 Å². The van der Waals surface area contributed by atoms with E-state index in [4.69, 9.17) is 4.55 Å². The molecule has 3 nitrogen and oxygen atoms in total. The summed E-state index contributed by atoms with van der Waals surface area (Å²) in [6.45, 7) is 7.39. The number of hydrogen-bond acceptors (Lipinski definition) is 2. The van der Waals surface area contributed by atoms with E-state index >= 15 is 0 Å². The molecule has 0 aliphatic rings. The fourth-order valence-corrected chi connectivity index (χ4v) is 0.780. The van der Waals surface area contributed by atoms with Crippen molar-refractivity contribution in [1.29, 1.82) is 0 Å². The first kappa shape index (κ1) is 21.2. The predicted octanol–water partition coefficient (Wildman–Crippen LogP) is 0.0791. The zero-order valence-corrected chi connectivity index (χ0v) is 13.1. The first-order valence-corrected chi connectivity index (χ1v) is 6.83. The molecule has 0 heterocycles. The van der Waals surface area contributed by atoms with E-state index in [1.165, 1.54) is 39.0 Å². The van der Waals surface area contributed by atoms with Crippen LogP contribution in [0.4, 0.5) is 0 Å². The van der Waals surface area contributed by atoms with E-state index in [9.17, 15) is 8.42 Å². The Labute approximate surface area is 117 Å². The zero-order chi connectivity index (χ0) is 11.4. The van der Waals surface area contributed by atoms with Gasteiger partial charge < -0.3 is 6.92 Å². The molecule has 0 aliphatic carbocycles. The number of unbranched alkanes of at least 4 members (excludes halogenated alkanes) is 5. The maximum atomic E-state index is 9.56. The molecule has 0 aromatic heterocycles. The standard InChI is InChI=1S/C8H17.C2H6O3S.Na/c1-3-5-7-8-6-4-2;1-2-6(3,4)5;/h1,3-8H2,2H3;2H2,1H3,(H,3,4,5);/q-1;;+1. The maximum Gasteiger partial charge on any atom is 1.00 e. The van der Waals surface area contributed by atoms with Crippen LogP contribution in [0, 0.1) is 6.92 Å². The van der Waals surface area contributed by atoms with Crippen LogP contribution in [0.1, 0.15) is 52.4 Å². The average Bonchev–Trinajstić information content (AvgIpc) is 2.13. The van der Waals surface area contributed by atoms with Crippen LogP contribution in [0.25, 0.3) is 0 Å². The van der Waals surface area contributed by atoms with Gasteiger partial charge in [0.2, 0.25) is 0 Å². The van der Waals surface area contributed by atoms with Gasteiger partial charge in [0.15, 0.2) is 0 Å². The van der Waals surface area contributed by atoms with Gasteiger partial charge in [-0.05, 0) is 6.92 Å². The van der Waals surface area contributed by atoms with Crippen molar-refractivity contribution in [3.63, 3.8) is 0 Å². The fourth-order valence-electron chi connectivity index (χ4n) is 0.780. The fraction of sp³-hybridized carbons (Fsp3) is 0.900. The summed E-state index contributed by atoms with van der Waals surface area (Å²) in [5.74, 6) is -0.201. The van der Waals surface area contributed by atoms with Crippen LogP contribution < -0.4 is 29.6 Å². The summed E-state index contributed by atoms with van der Waals surface area (Å²) in [5, 5.41) is 0. The van der Waals surface area contributed by atoms with Gasteiger partial charge in [0.05, 0.1) is 5.75 Å². The average molecular weight is 246 g/mol. The summed E-state index contributed by atoms with van der Waals surface area (Å²) in [6, 6.07) is 0. The first-order valence-electron chi connectivity index (χ1n) is 5.22. The van der Waals surface area contributed by atoms with Crippen LogP contribution in [0.3, 0.4) is 0 Å². The van der Waals surface area contributed by atoms with Crippen molar-refractivity contribution in [3.05, 3.63) is 6.92 Å². The smallest absolute Gasteiger partial charge is 0.343 e. The minimum absolute atomic E-state index is 0. The molecular weight excluding hydrogens is 223 g/mol. The van der Waals surface area contributed by atoms with E-state index in [0.717, 1.165) is 6.42 Å². The van der Waals surface area contributed by atoms with Gasteiger partial charge in [-0.3, -0.25) is 4.55 Å². The third kappa shape index (κ3) is 31.3. The second-order valence-corrected chi connectivity index (χ2v) is 4.88. The summed E-state index contributed by atoms with van der Waals surface area (Å²) in [4.78, 5) is 0. The Morgan fingerprint density at radius 3 is 1.73 bits per heavy atom. The maximum absolute atomic E-state index is 9.56. The SMILES string of the molecule is CCS(=O)(=O)O.[CH2-]CCCCCCC.[Na+]. The molecule has 88 valence electrons. The zero-order valence-electron chi connectivity index (χ0n) is 10.3. The van der Waals surface area contributed by atoms with Crippen LogP contribution in [-0.2, 0) is 10.1 Å². The summed E-state index contributed by atoms with van der Waals surface area (Å²) in [6.07, 6.45) is 7.98. The Kier molecular flexibility index (Phi) is 21.1. The van der Waals surface area contributed by atoms with E-state index in [-0.39, 0.29) is 35.3 Å². The van der Waals surface area contributed by atoms with Gasteiger partial charge in [-0.15, -0.1) is 0 Å². The van der Waals surface area contributed by atoms with E-state index in [0.29, 0.717) is 0 Å². The molecular formula is C10H23NaO3S. The predicted molar refractivity (Wildman–Crippen MR) is 60.8 cm³/mol. The van der Waals surface area contributed by atoms with Crippen LogP contribution >= 0.6 is 0 Å². The van der Waals surface area contributed by atoms with Gasteiger partial charge in [0.25, 0.3) is 10.1 Å². The Hall–Kier alpha value is 0.910. The molecule has 0 fully saturated rings. The van der Waals surface area contributed by atoms with Crippen LogP contribution in [-0.4, -0.2) is 18.7 Å². The van der Waals surface area contributed by atoms with Crippen molar-refractivity contribution in [2.24, 2.45) is 0 Å². The van der Waals surface area contributed by atoms with Crippen LogP contribution in [0.15, 0.2) is 0 Å². The van der Waals surface area contributed by atoms with Gasteiger partial charge in [-0.2, -0.15) is 14.8 Å². The Morgan fingerprint density at radius 1 is 1.07 bits per heavy atom. The largest absolute Gasteiger partial charge is 1.00 e. The van der Waals surface area contributed by atoms with Crippen molar-refractivity contribution in [3.8, 4) is 0 Å². The van der Waals surface area contributed by atoms with E-state index < -0.39 is 10.1 Å². The molecule has 5 heteroatoms. The molecule has 0 saturated heterocycles. The number of hydrogen-bond donors (Lipinski definition) is 1. The van der Waals surface area contributed by atoms with Gasteiger partial charge in [0.1, 0.15) is 0 Å². The summed E-state index contributed by atoms with van der Waals surface area (Å²) >= 11 is 0. The molecule has 0 spiro atoms. The normalized spacial score (nSPS) is 9.87. The van der Waals surface area contributed by atoms with Crippen molar-refractivity contribution < 1.29 is 42.5 Å². The third-order valence-corrected chi connectivity index (χ3v) is 2.45. The van der Waals surface area contributed by atoms with Gasteiger partial charge in [-0.25, -0.2) is 0 Å². The molecule has 1 N–H and O–H groups in total. The first-order chi connectivity index (χ1) is 6.47. The van der Waals surface area contributed by atoms with Crippen molar-refractivity contribution in [2.75, 3.05) is 5.75 Å². The van der Waals surface area contributed by atoms with Crippen molar-refractivity contribution in [1.82, 2.24) is 0 Å². The molecule has 0 amide bonds. The molecule has 15 heavy (non-hydrogen) atoms. The number of rotatable bonds is 6. The molecule has 0 saturated carbocycles. The third-order valence-electron chi connectivity index (χ3n) is 1.72. The molecule has 0 aromatic rings. The topological polar surface area (TPSA) is 54.4 Å².